The molecule has 18 heavy (non-hydrogen) atoms. The normalized spacial score (nSPS) is 10.9. The van der Waals surface area contributed by atoms with Crippen LogP contribution in [-0.4, -0.2) is 15.5 Å². The molecule has 1 N–H and O–H groups in total. The summed E-state index contributed by atoms with van der Waals surface area (Å²) < 4.78 is 26.5. The van der Waals surface area contributed by atoms with Gasteiger partial charge >= 0.3 is 0 Å². The second-order valence-electron chi connectivity index (χ2n) is 3.67. The van der Waals surface area contributed by atoms with Gasteiger partial charge in [0.1, 0.15) is 0 Å². The summed E-state index contributed by atoms with van der Waals surface area (Å²) in [6, 6.07) is 8.93. The zero-order chi connectivity index (χ0) is 13.0. The van der Waals surface area contributed by atoms with Crippen molar-refractivity contribution in [3.05, 3.63) is 42.2 Å². The van der Waals surface area contributed by atoms with Crippen molar-refractivity contribution < 1.29 is 8.78 Å². The number of para-hydroxylation sites is 1. The van der Waals surface area contributed by atoms with E-state index in [9.17, 15) is 8.78 Å². The van der Waals surface area contributed by atoms with Crippen LogP contribution in [0.5, 0.6) is 0 Å². The van der Waals surface area contributed by atoms with E-state index in [1.807, 2.05) is 19.2 Å². The number of rotatable bonds is 5. The van der Waals surface area contributed by atoms with Gasteiger partial charge in [-0.15, -0.1) is 0 Å². The van der Waals surface area contributed by atoms with Crippen LogP contribution in [0.1, 0.15) is 5.69 Å². The smallest absolute Gasteiger partial charge is 0.288 e. The van der Waals surface area contributed by atoms with Crippen molar-refractivity contribution >= 4 is 17.4 Å². The average Bonchev–Trinajstić information content (AvgIpc) is 2.73. The van der Waals surface area contributed by atoms with Gasteiger partial charge in [0.25, 0.3) is 5.76 Å². The minimum Gasteiger partial charge on any atom is -0.378 e. The summed E-state index contributed by atoms with van der Waals surface area (Å²) in [6.45, 7) is 0.553. The predicted molar refractivity (Wildman–Crippen MR) is 68.8 cm³/mol. The zero-order valence-electron chi connectivity index (χ0n) is 9.81. The number of nitrogens with one attached hydrogen (secondary N) is 1. The SMILES string of the molecule is Cn1nccc1CNc1ccccc1SC(F)F. The molecule has 1 aromatic carbocycles. The molecule has 2 rings (SSSR count). The van der Waals surface area contributed by atoms with E-state index in [2.05, 4.69) is 10.4 Å². The number of aryl methyl sites for hydroxylation is 1. The molecule has 0 saturated heterocycles. The van der Waals surface area contributed by atoms with Gasteiger partial charge in [0.2, 0.25) is 0 Å². The third kappa shape index (κ3) is 3.22. The number of thioether (sulfide) groups is 1. The van der Waals surface area contributed by atoms with Crippen molar-refractivity contribution in [1.82, 2.24) is 9.78 Å². The molecule has 0 saturated carbocycles. The number of hydrogen-bond acceptors (Lipinski definition) is 3. The topological polar surface area (TPSA) is 29.9 Å². The highest BCUT2D eigenvalue weighted by Gasteiger charge is 2.09. The van der Waals surface area contributed by atoms with Crippen LogP contribution in [0.3, 0.4) is 0 Å². The largest absolute Gasteiger partial charge is 0.378 e. The first kappa shape index (κ1) is 12.9. The molecule has 6 heteroatoms. The molecule has 0 amide bonds. The number of hydrogen-bond donors (Lipinski definition) is 1. The highest BCUT2D eigenvalue weighted by Crippen LogP contribution is 2.31. The lowest BCUT2D eigenvalue weighted by Crippen LogP contribution is -2.06. The molecule has 0 unspecified atom stereocenters. The maximum Gasteiger partial charge on any atom is 0.288 e. The van der Waals surface area contributed by atoms with Gasteiger partial charge in [-0.1, -0.05) is 23.9 Å². The molecule has 0 fully saturated rings. The molecule has 1 aromatic heterocycles. The number of alkyl halides is 2. The van der Waals surface area contributed by atoms with Gasteiger partial charge in [0.05, 0.1) is 12.2 Å². The first-order chi connectivity index (χ1) is 8.66. The highest BCUT2D eigenvalue weighted by molar-refractivity contribution is 7.99. The highest BCUT2D eigenvalue weighted by atomic mass is 32.2. The molecule has 0 aliphatic heterocycles. The maximum absolute atomic E-state index is 12.4. The lowest BCUT2D eigenvalue weighted by molar-refractivity contribution is 0.252. The fraction of sp³-hybridized carbons (Fsp3) is 0.250. The minimum absolute atomic E-state index is 0.548. The molecule has 1 heterocycles. The number of benzene rings is 1. The quantitative estimate of drug-likeness (QED) is 0.844. The Kier molecular flexibility index (Phi) is 4.19. The Morgan fingerprint density at radius 1 is 1.33 bits per heavy atom. The molecule has 0 atom stereocenters. The Labute approximate surface area is 108 Å². The van der Waals surface area contributed by atoms with Crippen molar-refractivity contribution in [2.45, 2.75) is 17.2 Å². The third-order valence-corrected chi connectivity index (χ3v) is 3.27. The van der Waals surface area contributed by atoms with E-state index in [0.29, 0.717) is 28.9 Å². The van der Waals surface area contributed by atoms with Gasteiger partial charge in [-0.05, 0) is 18.2 Å². The molecule has 0 aliphatic rings. The van der Waals surface area contributed by atoms with Crippen LogP contribution in [-0.2, 0) is 13.6 Å². The molecule has 0 radical (unpaired) electrons. The zero-order valence-corrected chi connectivity index (χ0v) is 10.6. The minimum atomic E-state index is -2.41. The van der Waals surface area contributed by atoms with Crippen LogP contribution >= 0.6 is 11.8 Å². The first-order valence-electron chi connectivity index (χ1n) is 5.41. The molecule has 2 aromatic rings. The van der Waals surface area contributed by atoms with Crippen molar-refractivity contribution in [3.63, 3.8) is 0 Å². The second kappa shape index (κ2) is 5.86. The Hall–Kier alpha value is -1.56. The van der Waals surface area contributed by atoms with E-state index < -0.39 is 5.76 Å². The summed E-state index contributed by atoms with van der Waals surface area (Å²) in [5.41, 5.74) is 1.70. The molecule has 0 bridgehead atoms. The molecular weight excluding hydrogens is 256 g/mol. The van der Waals surface area contributed by atoms with Gasteiger partial charge in [-0.3, -0.25) is 4.68 Å². The van der Waals surface area contributed by atoms with Crippen LogP contribution in [0.25, 0.3) is 0 Å². The van der Waals surface area contributed by atoms with Crippen LogP contribution < -0.4 is 5.32 Å². The Morgan fingerprint density at radius 3 is 2.78 bits per heavy atom. The standard InChI is InChI=1S/C12H13F2N3S/c1-17-9(6-7-16-17)8-15-10-4-2-3-5-11(10)18-12(13)14/h2-7,12,15H,8H2,1H3. The van der Waals surface area contributed by atoms with Crippen molar-refractivity contribution in [2.24, 2.45) is 7.05 Å². The fourth-order valence-electron chi connectivity index (χ4n) is 1.57. The Morgan fingerprint density at radius 2 is 2.11 bits per heavy atom. The van der Waals surface area contributed by atoms with Gasteiger partial charge in [-0.2, -0.15) is 13.9 Å². The van der Waals surface area contributed by atoms with Gasteiger partial charge in [0.15, 0.2) is 0 Å². The van der Waals surface area contributed by atoms with E-state index >= 15 is 0 Å². The van der Waals surface area contributed by atoms with Crippen molar-refractivity contribution in [2.75, 3.05) is 5.32 Å². The van der Waals surface area contributed by atoms with Crippen molar-refractivity contribution in [3.8, 4) is 0 Å². The van der Waals surface area contributed by atoms with Crippen LogP contribution in [0.4, 0.5) is 14.5 Å². The van der Waals surface area contributed by atoms with E-state index in [1.54, 1.807) is 29.1 Å². The van der Waals surface area contributed by atoms with Crippen LogP contribution in [0, 0.1) is 0 Å². The second-order valence-corrected chi connectivity index (χ2v) is 4.71. The number of anilines is 1. The summed E-state index contributed by atoms with van der Waals surface area (Å²) >= 11 is 0.548. The first-order valence-corrected chi connectivity index (χ1v) is 6.29. The maximum atomic E-state index is 12.4. The van der Waals surface area contributed by atoms with Gasteiger partial charge < -0.3 is 5.32 Å². The van der Waals surface area contributed by atoms with Crippen LogP contribution in [0.15, 0.2) is 41.4 Å². The molecule has 96 valence electrons. The number of nitrogens with zero attached hydrogens (tertiary/aromatic N) is 2. The summed E-state index contributed by atoms with van der Waals surface area (Å²) in [5.74, 6) is -2.41. The van der Waals surface area contributed by atoms with Gasteiger partial charge in [-0.25, -0.2) is 0 Å². The lowest BCUT2D eigenvalue weighted by atomic mass is 10.3. The summed E-state index contributed by atoms with van der Waals surface area (Å²) in [5, 5.41) is 7.20. The van der Waals surface area contributed by atoms with E-state index in [-0.39, 0.29) is 0 Å². The van der Waals surface area contributed by atoms with E-state index in [0.717, 1.165) is 5.69 Å². The average molecular weight is 269 g/mol. The van der Waals surface area contributed by atoms with Crippen LogP contribution in [0.2, 0.25) is 0 Å². The number of halogens is 2. The monoisotopic (exact) mass is 269 g/mol. The summed E-state index contributed by atoms with van der Waals surface area (Å²) in [6.07, 6.45) is 1.71. The van der Waals surface area contributed by atoms with Gasteiger partial charge in [0, 0.05) is 23.8 Å². The number of aromatic nitrogens is 2. The fourth-order valence-corrected chi connectivity index (χ4v) is 2.19. The van der Waals surface area contributed by atoms with Crippen molar-refractivity contribution in [1.29, 1.82) is 0 Å². The predicted octanol–water partition coefficient (Wildman–Crippen LogP) is 3.35. The Balaban J connectivity index is 2.07. The lowest BCUT2D eigenvalue weighted by Gasteiger charge is -2.11. The molecular formula is C12H13F2N3S. The van der Waals surface area contributed by atoms with E-state index in [4.69, 9.17) is 0 Å². The molecule has 0 spiro atoms. The van der Waals surface area contributed by atoms with E-state index in [1.165, 1.54) is 0 Å². The third-order valence-electron chi connectivity index (χ3n) is 2.49. The Bertz CT molecular complexity index is 514. The summed E-state index contributed by atoms with van der Waals surface area (Å²) in [7, 11) is 1.84. The molecule has 3 nitrogen and oxygen atoms in total. The summed E-state index contributed by atoms with van der Waals surface area (Å²) in [4.78, 5) is 0.551. The molecule has 0 aliphatic carbocycles.